The molecule has 2 N–H and O–H groups in total. The van der Waals surface area contributed by atoms with Gasteiger partial charge in [-0.25, -0.2) is 0 Å². The van der Waals surface area contributed by atoms with Gasteiger partial charge < -0.3 is 15.1 Å². The number of furan rings is 1. The Morgan fingerprint density at radius 3 is 2.92 bits per heavy atom. The zero-order valence-electron chi connectivity index (χ0n) is 6.75. The van der Waals surface area contributed by atoms with Gasteiger partial charge in [0.2, 0.25) is 0 Å². The van der Waals surface area contributed by atoms with E-state index in [2.05, 4.69) is 10.6 Å². The first-order valence-corrected chi connectivity index (χ1v) is 3.94. The lowest BCUT2D eigenvalue weighted by molar-refractivity contribution is 0.363. The third-order valence-corrected chi connectivity index (χ3v) is 1.93. The number of hydrogen-bond acceptors (Lipinski definition) is 3. The summed E-state index contributed by atoms with van der Waals surface area (Å²) in [4.78, 5) is 0. The molecule has 0 saturated carbocycles. The number of hydrogen-bond donors (Lipinski definition) is 2. The first kappa shape index (κ1) is 9.58. The first-order valence-electron chi connectivity index (χ1n) is 3.94. The Morgan fingerprint density at radius 1 is 1.42 bits per heavy atom. The van der Waals surface area contributed by atoms with E-state index in [4.69, 9.17) is 4.42 Å². The molecular weight excluding hydrogens is 176 g/mol. The zero-order valence-corrected chi connectivity index (χ0v) is 7.56. The Balaban J connectivity index is 0.000000720. The summed E-state index contributed by atoms with van der Waals surface area (Å²) in [5.41, 5.74) is 0. The third kappa shape index (κ3) is 2.00. The Labute approximate surface area is 77.9 Å². The van der Waals surface area contributed by atoms with Gasteiger partial charge in [0.05, 0.1) is 12.3 Å². The molecule has 0 bridgehead atoms. The molecule has 1 aromatic heterocycles. The Morgan fingerprint density at radius 2 is 2.33 bits per heavy atom. The number of piperazine rings is 1. The quantitative estimate of drug-likeness (QED) is 0.689. The maximum absolute atomic E-state index is 5.27. The first-order chi connectivity index (χ1) is 5.47. The zero-order chi connectivity index (χ0) is 7.52. The predicted octanol–water partition coefficient (Wildman–Crippen LogP) is 0.935. The van der Waals surface area contributed by atoms with Crippen molar-refractivity contribution in [3.8, 4) is 0 Å². The van der Waals surface area contributed by atoms with Crippen molar-refractivity contribution in [3.05, 3.63) is 24.2 Å². The van der Waals surface area contributed by atoms with Crippen molar-refractivity contribution in [1.82, 2.24) is 10.6 Å². The minimum absolute atomic E-state index is 0. The molecule has 1 aliphatic rings. The van der Waals surface area contributed by atoms with Gasteiger partial charge in [-0.3, -0.25) is 0 Å². The lowest BCUT2D eigenvalue weighted by Gasteiger charge is -2.22. The van der Waals surface area contributed by atoms with Crippen molar-refractivity contribution in [1.29, 1.82) is 0 Å². The molecule has 1 atom stereocenters. The lowest BCUT2D eigenvalue weighted by atomic mass is 10.2. The summed E-state index contributed by atoms with van der Waals surface area (Å²) < 4.78 is 5.27. The average Bonchev–Trinajstić information content (AvgIpc) is 2.58. The highest BCUT2D eigenvalue weighted by molar-refractivity contribution is 5.85. The van der Waals surface area contributed by atoms with Crippen molar-refractivity contribution in [2.75, 3.05) is 19.6 Å². The Bertz CT molecular complexity index is 207. The minimum atomic E-state index is 0. The van der Waals surface area contributed by atoms with Gasteiger partial charge in [-0.1, -0.05) is 0 Å². The van der Waals surface area contributed by atoms with Gasteiger partial charge in [0.1, 0.15) is 5.76 Å². The fourth-order valence-electron chi connectivity index (χ4n) is 1.34. The molecule has 0 amide bonds. The lowest BCUT2D eigenvalue weighted by Crippen LogP contribution is -2.42. The summed E-state index contributed by atoms with van der Waals surface area (Å²) in [7, 11) is 0. The Hall–Kier alpha value is -0.510. The van der Waals surface area contributed by atoms with Crippen LogP contribution in [-0.4, -0.2) is 19.6 Å². The fourth-order valence-corrected chi connectivity index (χ4v) is 1.34. The highest BCUT2D eigenvalue weighted by Gasteiger charge is 2.15. The van der Waals surface area contributed by atoms with Crippen LogP contribution in [0.25, 0.3) is 0 Å². The van der Waals surface area contributed by atoms with E-state index in [0.29, 0.717) is 6.04 Å². The van der Waals surface area contributed by atoms with Crippen molar-refractivity contribution >= 4 is 12.4 Å². The summed E-state index contributed by atoms with van der Waals surface area (Å²) >= 11 is 0. The molecule has 1 fully saturated rings. The summed E-state index contributed by atoms with van der Waals surface area (Å²) in [6, 6.07) is 4.29. The van der Waals surface area contributed by atoms with Gasteiger partial charge in [0, 0.05) is 19.6 Å². The summed E-state index contributed by atoms with van der Waals surface area (Å²) in [6.45, 7) is 3.04. The second-order valence-corrected chi connectivity index (χ2v) is 2.73. The molecule has 68 valence electrons. The average molecular weight is 189 g/mol. The molecule has 1 aliphatic heterocycles. The predicted molar refractivity (Wildman–Crippen MR) is 49.6 cm³/mol. The van der Waals surface area contributed by atoms with E-state index in [1.807, 2.05) is 12.1 Å². The van der Waals surface area contributed by atoms with Crippen LogP contribution in [0.1, 0.15) is 11.8 Å². The Kier molecular flexibility index (Phi) is 3.59. The second-order valence-electron chi connectivity index (χ2n) is 2.73. The third-order valence-electron chi connectivity index (χ3n) is 1.93. The van der Waals surface area contributed by atoms with Crippen LogP contribution in [-0.2, 0) is 0 Å². The molecule has 4 heteroatoms. The smallest absolute Gasteiger partial charge is 0.121 e. The maximum atomic E-state index is 5.27. The van der Waals surface area contributed by atoms with Gasteiger partial charge in [0.15, 0.2) is 0 Å². The van der Waals surface area contributed by atoms with Crippen molar-refractivity contribution in [2.45, 2.75) is 6.04 Å². The number of halogens is 1. The van der Waals surface area contributed by atoms with Crippen LogP contribution in [0.3, 0.4) is 0 Å². The van der Waals surface area contributed by atoms with Gasteiger partial charge in [-0.15, -0.1) is 12.4 Å². The van der Waals surface area contributed by atoms with E-state index in [0.717, 1.165) is 25.4 Å². The largest absolute Gasteiger partial charge is 0.468 e. The van der Waals surface area contributed by atoms with E-state index >= 15 is 0 Å². The molecule has 0 radical (unpaired) electrons. The molecule has 2 rings (SSSR count). The van der Waals surface area contributed by atoms with E-state index in [9.17, 15) is 0 Å². The maximum Gasteiger partial charge on any atom is 0.121 e. The van der Waals surface area contributed by atoms with Crippen LogP contribution in [0.5, 0.6) is 0 Å². The molecule has 0 aromatic carbocycles. The molecule has 0 spiro atoms. The summed E-state index contributed by atoms with van der Waals surface area (Å²) in [6.07, 6.45) is 1.71. The van der Waals surface area contributed by atoms with Crippen molar-refractivity contribution < 1.29 is 4.42 Å². The topological polar surface area (TPSA) is 37.2 Å². The SMILES string of the molecule is Cl.c1coc([C@H]2CNCCN2)c1. The highest BCUT2D eigenvalue weighted by Crippen LogP contribution is 2.13. The van der Waals surface area contributed by atoms with E-state index in [1.165, 1.54) is 0 Å². The van der Waals surface area contributed by atoms with Crippen molar-refractivity contribution in [2.24, 2.45) is 0 Å². The molecule has 2 heterocycles. The van der Waals surface area contributed by atoms with Gasteiger partial charge in [0.25, 0.3) is 0 Å². The monoisotopic (exact) mass is 188 g/mol. The highest BCUT2D eigenvalue weighted by atomic mass is 35.5. The molecular formula is C8H13ClN2O. The van der Waals surface area contributed by atoms with E-state index in [-0.39, 0.29) is 12.4 Å². The van der Waals surface area contributed by atoms with Gasteiger partial charge >= 0.3 is 0 Å². The van der Waals surface area contributed by atoms with Crippen LogP contribution < -0.4 is 10.6 Å². The van der Waals surface area contributed by atoms with Crippen LogP contribution in [0, 0.1) is 0 Å². The minimum Gasteiger partial charge on any atom is -0.468 e. The second kappa shape index (κ2) is 4.50. The number of rotatable bonds is 1. The van der Waals surface area contributed by atoms with Crippen LogP contribution in [0.4, 0.5) is 0 Å². The van der Waals surface area contributed by atoms with E-state index < -0.39 is 0 Å². The standard InChI is InChI=1S/C8H12N2O.ClH/c1-2-8(11-5-1)7-6-9-3-4-10-7;/h1-2,5,7,9-10H,3-4,6H2;1H/t7-;/m1./s1. The summed E-state index contributed by atoms with van der Waals surface area (Å²) in [5.74, 6) is 1.03. The molecule has 3 nitrogen and oxygen atoms in total. The van der Waals surface area contributed by atoms with Gasteiger partial charge in [-0.2, -0.15) is 0 Å². The van der Waals surface area contributed by atoms with Crippen molar-refractivity contribution in [3.63, 3.8) is 0 Å². The van der Waals surface area contributed by atoms with Gasteiger partial charge in [-0.05, 0) is 12.1 Å². The molecule has 0 aliphatic carbocycles. The van der Waals surface area contributed by atoms with E-state index in [1.54, 1.807) is 6.26 Å². The molecule has 12 heavy (non-hydrogen) atoms. The number of nitrogens with one attached hydrogen (secondary N) is 2. The van der Waals surface area contributed by atoms with Crippen LogP contribution in [0.2, 0.25) is 0 Å². The molecule has 0 unspecified atom stereocenters. The van der Waals surface area contributed by atoms with Crippen LogP contribution >= 0.6 is 12.4 Å². The molecule has 1 saturated heterocycles. The summed E-state index contributed by atoms with van der Waals surface area (Å²) in [5, 5.41) is 6.67. The molecule has 1 aromatic rings. The normalized spacial score (nSPS) is 23.2. The fraction of sp³-hybridized carbons (Fsp3) is 0.500. The van der Waals surface area contributed by atoms with Crippen LogP contribution in [0.15, 0.2) is 22.8 Å².